The summed E-state index contributed by atoms with van der Waals surface area (Å²) in [5.41, 5.74) is 2.81. The number of rotatable bonds is 8. The van der Waals surface area contributed by atoms with Crippen LogP contribution in [0.4, 0.5) is 0 Å². The third kappa shape index (κ3) is 5.05. The maximum absolute atomic E-state index is 12.9. The van der Waals surface area contributed by atoms with Gasteiger partial charge >= 0.3 is 0 Å². The van der Waals surface area contributed by atoms with Crippen LogP contribution in [-0.2, 0) is 17.8 Å². The highest BCUT2D eigenvalue weighted by atomic mass is 35.5. The molecule has 30 heavy (non-hydrogen) atoms. The minimum absolute atomic E-state index is 0.145. The fourth-order valence-corrected chi connectivity index (χ4v) is 3.85. The number of carbonyl (C=O) groups is 1. The van der Waals surface area contributed by atoms with Crippen molar-refractivity contribution in [3.8, 4) is 5.75 Å². The Labute approximate surface area is 186 Å². The van der Waals surface area contributed by atoms with Crippen LogP contribution in [0.3, 0.4) is 0 Å². The number of nitrogens with zero attached hydrogens (tertiary/aromatic N) is 2. The van der Waals surface area contributed by atoms with Crippen LogP contribution in [0.1, 0.15) is 30.9 Å². The third-order valence-corrected chi connectivity index (χ3v) is 5.89. The zero-order valence-corrected chi connectivity index (χ0v) is 18.4. The van der Waals surface area contributed by atoms with E-state index in [2.05, 4.69) is 4.98 Å². The number of amides is 1. The van der Waals surface area contributed by atoms with Gasteiger partial charge in [0.25, 0.3) is 0 Å². The van der Waals surface area contributed by atoms with Crippen LogP contribution in [0.25, 0.3) is 10.9 Å². The zero-order chi connectivity index (χ0) is 21.1. The van der Waals surface area contributed by atoms with Crippen molar-refractivity contribution < 1.29 is 9.53 Å². The lowest BCUT2D eigenvalue weighted by atomic mass is 10.1. The van der Waals surface area contributed by atoms with E-state index >= 15 is 0 Å². The van der Waals surface area contributed by atoms with Gasteiger partial charge in [-0.1, -0.05) is 35.3 Å². The average molecular weight is 443 g/mol. The molecule has 0 saturated heterocycles. The van der Waals surface area contributed by atoms with E-state index in [-0.39, 0.29) is 11.8 Å². The molecule has 4 nitrogen and oxygen atoms in total. The fraction of sp³-hybridized carbons (Fsp3) is 0.333. The molecule has 1 amide bonds. The molecule has 3 aromatic rings. The van der Waals surface area contributed by atoms with Crippen molar-refractivity contribution in [2.75, 3.05) is 13.2 Å². The molecule has 1 aromatic heterocycles. The van der Waals surface area contributed by atoms with E-state index in [0.29, 0.717) is 29.9 Å². The minimum atomic E-state index is 0.145. The molecule has 4 rings (SSSR count). The van der Waals surface area contributed by atoms with Gasteiger partial charge in [-0.2, -0.15) is 0 Å². The van der Waals surface area contributed by atoms with Crippen LogP contribution < -0.4 is 4.74 Å². The Morgan fingerprint density at radius 3 is 2.60 bits per heavy atom. The number of hydrogen-bond acceptors (Lipinski definition) is 3. The molecule has 1 saturated carbocycles. The molecule has 156 valence electrons. The van der Waals surface area contributed by atoms with E-state index in [1.807, 2.05) is 60.4 Å². The first-order valence-electron chi connectivity index (χ1n) is 10.3. The molecule has 0 spiro atoms. The highest BCUT2D eigenvalue weighted by molar-refractivity contribution is 6.30. The second-order valence-corrected chi connectivity index (χ2v) is 8.43. The second-order valence-electron chi connectivity index (χ2n) is 7.64. The zero-order valence-electron chi connectivity index (χ0n) is 16.9. The predicted octanol–water partition coefficient (Wildman–Crippen LogP) is 5.92. The van der Waals surface area contributed by atoms with Gasteiger partial charge in [-0.25, -0.2) is 4.98 Å². The van der Waals surface area contributed by atoms with Gasteiger partial charge in [0.2, 0.25) is 5.91 Å². The second kappa shape index (κ2) is 9.23. The summed E-state index contributed by atoms with van der Waals surface area (Å²) < 4.78 is 5.60. The summed E-state index contributed by atoms with van der Waals surface area (Å²) in [6, 6.07) is 15.5. The summed E-state index contributed by atoms with van der Waals surface area (Å²) in [4.78, 5) is 19.4. The van der Waals surface area contributed by atoms with Crippen molar-refractivity contribution in [2.45, 2.75) is 32.7 Å². The van der Waals surface area contributed by atoms with Crippen molar-refractivity contribution >= 4 is 40.0 Å². The Morgan fingerprint density at radius 1 is 1.13 bits per heavy atom. The predicted molar refractivity (Wildman–Crippen MR) is 121 cm³/mol. The van der Waals surface area contributed by atoms with Gasteiger partial charge in [0.05, 0.1) is 12.1 Å². The molecule has 1 fully saturated rings. The summed E-state index contributed by atoms with van der Waals surface area (Å²) in [6.45, 7) is 3.64. The van der Waals surface area contributed by atoms with E-state index in [1.54, 1.807) is 0 Å². The lowest BCUT2D eigenvalue weighted by Crippen LogP contribution is -2.33. The fourth-order valence-electron chi connectivity index (χ4n) is 3.52. The Kier molecular flexibility index (Phi) is 6.45. The molecule has 6 heteroatoms. The molecule has 1 aliphatic rings. The number of fused-ring (bicyclic) bond motifs is 1. The summed E-state index contributed by atoms with van der Waals surface area (Å²) in [5, 5.41) is 2.11. The Morgan fingerprint density at radius 2 is 1.90 bits per heavy atom. The van der Waals surface area contributed by atoms with Crippen molar-refractivity contribution in [1.29, 1.82) is 0 Å². The van der Waals surface area contributed by atoms with Crippen LogP contribution in [0, 0.1) is 5.92 Å². The van der Waals surface area contributed by atoms with Gasteiger partial charge < -0.3 is 9.64 Å². The number of aromatic nitrogens is 1. The van der Waals surface area contributed by atoms with Crippen molar-refractivity contribution in [1.82, 2.24) is 9.88 Å². The molecule has 1 heterocycles. The number of pyridine rings is 1. The molecule has 2 aromatic carbocycles. The highest BCUT2D eigenvalue weighted by Crippen LogP contribution is 2.32. The third-order valence-electron chi connectivity index (χ3n) is 5.31. The first-order chi connectivity index (χ1) is 14.5. The van der Waals surface area contributed by atoms with Crippen LogP contribution >= 0.6 is 23.2 Å². The molecule has 0 bridgehead atoms. The minimum Gasteiger partial charge on any atom is -0.494 e. The van der Waals surface area contributed by atoms with Gasteiger partial charge in [0.15, 0.2) is 0 Å². The van der Waals surface area contributed by atoms with Gasteiger partial charge in [-0.15, -0.1) is 0 Å². The molecule has 0 radical (unpaired) electrons. The Balaban J connectivity index is 1.56. The topological polar surface area (TPSA) is 42.4 Å². The summed E-state index contributed by atoms with van der Waals surface area (Å²) >= 11 is 12.5. The Hall–Kier alpha value is -2.30. The van der Waals surface area contributed by atoms with E-state index in [9.17, 15) is 4.79 Å². The van der Waals surface area contributed by atoms with Crippen LogP contribution in [0.15, 0.2) is 48.5 Å². The number of hydrogen-bond donors (Lipinski definition) is 0. The monoisotopic (exact) mass is 442 g/mol. The standard InChI is InChI=1S/C24H24Cl2N2O2/c1-2-30-21-9-10-22-18(14-21)13-19(23(26)27-22)15-28(24(29)17-5-6-17)12-11-16-3-7-20(25)8-4-16/h3-4,7-10,13-14,17H,2,5-6,11-12,15H2,1H3. The molecular formula is C24H24Cl2N2O2. The first kappa shape index (κ1) is 21.0. The van der Waals surface area contributed by atoms with Crippen LogP contribution in [0.5, 0.6) is 5.75 Å². The quantitative estimate of drug-likeness (QED) is 0.406. The number of ether oxygens (including phenoxy) is 1. The largest absolute Gasteiger partial charge is 0.494 e. The van der Waals surface area contributed by atoms with E-state index in [4.69, 9.17) is 27.9 Å². The van der Waals surface area contributed by atoms with E-state index in [1.165, 1.54) is 0 Å². The number of benzene rings is 2. The summed E-state index contributed by atoms with van der Waals surface area (Å²) in [7, 11) is 0. The Bertz CT molecular complexity index is 1050. The summed E-state index contributed by atoms with van der Waals surface area (Å²) in [5.74, 6) is 1.14. The average Bonchev–Trinajstić information content (AvgIpc) is 3.58. The maximum atomic E-state index is 12.9. The normalized spacial score (nSPS) is 13.4. The van der Waals surface area contributed by atoms with Crippen molar-refractivity contribution in [2.24, 2.45) is 5.92 Å². The van der Waals surface area contributed by atoms with E-state index in [0.717, 1.165) is 47.0 Å². The lowest BCUT2D eigenvalue weighted by molar-refractivity contribution is -0.133. The molecule has 0 aliphatic heterocycles. The smallest absolute Gasteiger partial charge is 0.225 e. The van der Waals surface area contributed by atoms with E-state index < -0.39 is 0 Å². The number of halogens is 2. The van der Waals surface area contributed by atoms with Crippen LogP contribution in [0.2, 0.25) is 10.2 Å². The first-order valence-corrected chi connectivity index (χ1v) is 11.0. The maximum Gasteiger partial charge on any atom is 0.225 e. The molecule has 0 atom stereocenters. The highest BCUT2D eigenvalue weighted by Gasteiger charge is 2.33. The molecule has 1 aliphatic carbocycles. The van der Waals surface area contributed by atoms with Crippen LogP contribution in [-0.4, -0.2) is 28.9 Å². The SMILES string of the molecule is CCOc1ccc2nc(Cl)c(CN(CCc3ccc(Cl)cc3)C(=O)C3CC3)cc2c1. The lowest BCUT2D eigenvalue weighted by Gasteiger charge is -2.23. The number of carbonyl (C=O) groups excluding carboxylic acids is 1. The van der Waals surface area contributed by atoms with Gasteiger partial charge in [-0.05, 0) is 68.1 Å². The molecular weight excluding hydrogens is 419 g/mol. The van der Waals surface area contributed by atoms with Crippen molar-refractivity contribution in [3.05, 3.63) is 69.8 Å². The molecule has 0 unspecified atom stereocenters. The van der Waals surface area contributed by atoms with Gasteiger partial charge in [0, 0.05) is 35.0 Å². The van der Waals surface area contributed by atoms with Crippen molar-refractivity contribution in [3.63, 3.8) is 0 Å². The summed E-state index contributed by atoms with van der Waals surface area (Å²) in [6.07, 6.45) is 2.71. The van der Waals surface area contributed by atoms with Gasteiger partial charge in [0.1, 0.15) is 10.9 Å². The van der Waals surface area contributed by atoms with Gasteiger partial charge in [-0.3, -0.25) is 4.79 Å². The molecule has 0 N–H and O–H groups in total.